The molecule has 0 aliphatic rings. The van der Waals surface area contributed by atoms with Crippen LogP contribution < -0.4 is 15.4 Å². The quantitative estimate of drug-likeness (QED) is 0.556. The number of halogens is 1. The normalized spacial score (nSPS) is 11.7. The van der Waals surface area contributed by atoms with Crippen LogP contribution in [0.4, 0.5) is 0 Å². The Bertz CT molecular complexity index is 457. The van der Waals surface area contributed by atoms with E-state index in [0.717, 1.165) is 0 Å². The average molecular weight is 347 g/mol. The van der Waals surface area contributed by atoms with E-state index in [0.29, 0.717) is 24.5 Å². The van der Waals surface area contributed by atoms with Crippen LogP contribution in [0.5, 0.6) is 5.75 Å². The van der Waals surface area contributed by atoms with E-state index in [1.807, 2.05) is 26.0 Å². The Kier molecular flexibility index (Phi) is 11.4. The highest BCUT2D eigenvalue weighted by Gasteiger charge is 2.10. The average Bonchev–Trinajstić information content (AvgIpc) is 2.49. The standard InChI is InChI=1S/C16H26N2O4.ClH/c1-12(2)22-14-6-4-5-13(9-14)15(19)10-18-16(20)11-17-7-8-21-3;/h4-6,9,12,15,17,19H,7-8,10-11H2,1-3H3,(H,18,20);1H. The third kappa shape index (κ3) is 9.40. The van der Waals surface area contributed by atoms with Crippen molar-refractivity contribution in [3.63, 3.8) is 0 Å². The van der Waals surface area contributed by atoms with Crippen LogP contribution in [0.1, 0.15) is 25.5 Å². The number of benzene rings is 1. The number of hydrogen-bond donors (Lipinski definition) is 3. The van der Waals surface area contributed by atoms with E-state index in [1.165, 1.54) is 0 Å². The molecular formula is C16H27ClN2O4. The minimum atomic E-state index is -0.765. The van der Waals surface area contributed by atoms with Crippen LogP contribution >= 0.6 is 12.4 Å². The van der Waals surface area contributed by atoms with Crippen molar-refractivity contribution in [3.8, 4) is 5.75 Å². The van der Waals surface area contributed by atoms with Gasteiger partial charge in [0.1, 0.15) is 5.75 Å². The maximum atomic E-state index is 11.6. The number of carbonyl (C=O) groups is 1. The van der Waals surface area contributed by atoms with Gasteiger partial charge in [-0.15, -0.1) is 12.4 Å². The third-order valence-corrected chi connectivity index (χ3v) is 2.88. The number of carbonyl (C=O) groups excluding carboxylic acids is 1. The lowest BCUT2D eigenvalue weighted by molar-refractivity contribution is -0.120. The molecule has 0 spiro atoms. The van der Waals surface area contributed by atoms with Crippen LogP contribution in [-0.2, 0) is 9.53 Å². The van der Waals surface area contributed by atoms with E-state index in [4.69, 9.17) is 9.47 Å². The molecular weight excluding hydrogens is 320 g/mol. The van der Waals surface area contributed by atoms with Gasteiger partial charge in [-0.2, -0.15) is 0 Å². The molecule has 0 heterocycles. The van der Waals surface area contributed by atoms with Crippen LogP contribution in [0.2, 0.25) is 0 Å². The van der Waals surface area contributed by atoms with E-state index in [2.05, 4.69) is 10.6 Å². The number of hydrogen-bond acceptors (Lipinski definition) is 5. The Morgan fingerprint density at radius 2 is 2.09 bits per heavy atom. The van der Waals surface area contributed by atoms with E-state index in [1.54, 1.807) is 19.2 Å². The van der Waals surface area contributed by atoms with Crippen molar-refractivity contribution in [1.29, 1.82) is 0 Å². The summed E-state index contributed by atoms with van der Waals surface area (Å²) in [5.41, 5.74) is 0.714. The molecule has 0 radical (unpaired) electrons. The van der Waals surface area contributed by atoms with Crippen molar-refractivity contribution in [2.24, 2.45) is 0 Å². The fourth-order valence-corrected chi connectivity index (χ4v) is 1.83. The van der Waals surface area contributed by atoms with Gasteiger partial charge in [0.2, 0.25) is 5.91 Å². The monoisotopic (exact) mass is 346 g/mol. The first-order valence-electron chi connectivity index (χ1n) is 7.44. The predicted molar refractivity (Wildman–Crippen MR) is 92.2 cm³/mol. The number of methoxy groups -OCH3 is 1. The first-order valence-corrected chi connectivity index (χ1v) is 7.44. The van der Waals surface area contributed by atoms with Crippen LogP contribution in [0, 0.1) is 0 Å². The summed E-state index contributed by atoms with van der Waals surface area (Å²) in [6, 6.07) is 7.26. The molecule has 0 fully saturated rings. The molecule has 1 atom stereocenters. The smallest absolute Gasteiger partial charge is 0.234 e. The van der Waals surface area contributed by atoms with E-state index >= 15 is 0 Å². The van der Waals surface area contributed by atoms with Gasteiger partial charge in [0.05, 0.1) is 25.4 Å². The van der Waals surface area contributed by atoms with Gasteiger partial charge in [0.25, 0.3) is 0 Å². The molecule has 0 aliphatic carbocycles. The third-order valence-electron chi connectivity index (χ3n) is 2.88. The topological polar surface area (TPSA) is 79.8 Å². The maximum absolute atomic E-state index is 11.6. The molecule has 1 amide bonds. The molecule has 0 aromatic heterocycles. The van der Waals surface area contributed by atoms with E-state index in [9.17, 15) is 9.90 Å². The summed E-state index contributed by atoms with van der Waals surface area (Å²) in [5.74, 6) is 0.545. The van der Waals surface area contributed by atoms with Crippen molar-refractivity contribution in [2.45, 2.75) is 26.1 Å². The maximum Gasteiger partial charge on any atom is 0.234 e. The molecule has 1 aromatic rings. The summed E-state index contributed by atoms with van der Waals surface area (Å²) in [5, 5.41) is 15.8. The van der Waals surface area contributed by atoms with E-state index < -0.39 is 6.10 Å². The van der Waals surface area contributed by atoms with Gasteiger partial charge in [-0.25, -0.2) is 0 Å². The Labute approximate surface area is 144 Å². The summed E-state index contributed by atoms with van der Waals surface area (Å²) in [7, 11) is 1.61. The molecule has 0 saturated heterocycles. The van der Waals surface area contributed by atoms with Crippen LogP contribution in [-0.4, -0.2) is 50.5 Å². The lowest BCUT2D eigenvalue weighted by Crippen LogP contribution is -2.37. The SMILES string of the molecule is COCCNCC(=O)NCC(O)c1cccc(OC(C)C)c1.Cl. The highest BCUT2D eigenvalue weighted by Crippen LogP contribution is 2.19. The fraction of sp³-hybridized carbons (Fsp3) is 0.562. The summed E-state index contributed by atoms with van der Waals surface area (Å²) < 4.78 is 10.5. The van der Waals surface area contributed by atoms with Crippen molar-refractivity contribution >= 4 is 18.3 Å². The largest absolute Gasteiger partial charge is 0.491 e. The predicted octanol–water partition coefficient (Wildman–Crippen LogP) is 1.28. The van der Waals surface area contributed by atoms with Gasteiger partial charge >= 0.3 is 0 Å². The van der Waals surface area contributed by atoms with Gasteiger partial charge in [-0.05, 0) is 31.5 Å². The number of rotatable bonds is 10. The van der Waals surface area contributed by atoms with E-state index in [-0.39, 0.29) is 37.5 Å². The van der Waals surface area contributed by atoms with Crippen molar-refractivity contribution in [2.75, 3.05) is 33.4 Å². The highest BCUT2D eigenvalue weighted by molar-refractivity contribution is 5.85. The first-order chi connectivity index (χ1) is 10.5. The molecule has 7 heteroatoms. The van der Waals surface area contributed by atoms with Crippen molar-refractivity contribution in [3.05, 3.63) is 29.8 Å². The lowest BCUT2D eigenvalue weighted by Gasteiger charge is -2.15. The van der Waals surface area contributed by atoms with Crippen LogP contribution in [0.3, 0.4) is 0 Å². The highest BCUT2D eigenvalue weighted by atomic mass is 35.5. The van der Waals surface area contributed by atoms with Gasteiger partial charge in [-0.1, -0.05) is 12.1 Å². The second kappa shape index (κ2) is 12.1. The molecule has 1 unspecified atom stereocenters. The molecule has 0 saturated carbocycles. The minimum Gasteiger partial charge on any atom is -0.491 e. The zero-order chi connectivity index (χ0) is 16.4. The zero-order valence-corrected chi connectivity index (χ0v) is 14.7. The number of nitrogens with one attached hydrogen (secondary N) is 2. The Morgan fingerprint density at radius 1 is 1.35 bits per heavy atom. The van der Waals surface area contributed by atoms with Gasteiger partial charge < -0.3 is 25.2 Å². The Balaban J connectivity index is 0.00000484. The summed E-state index contributed by atoms with van der Waals surface area (Å²) in [6.45, 7) is 5.42. The van der Waals surface area contributed by atoms with Gasteiger partial charge in [0, 0.05) is 20.2 Å². The van der Waals surface area contributed by atoms with Crippen LogP contribution in [0.15, 0.2) is 24.3 Å². The number of aliphatic hydroxyl groups excluding tert-OH is 1. The molecule has 6 nitrogen and oxygen atoms in total. The van der Waals surface area contributed by atoms with Gasteiger partial charge in [0.15, 0.2) is 0 Å². The van der Waals surface area contributed by atoms with Crippen LogP contribution in [0.25, 0.3) is 0 Å². The molecule has 132 valence electrons. The minimum absolute atomic E-state index is 0. The Morgan fingerprint density at radius 3 is 2.74 bits per heavy atom. The molecule has 1 aromatic carbocycles. The number of amides is 1. The molecule has 0 bridgehead atoms. The second-order valence-corrected chi connectivity index (χ2v) is 5.23. The summed E-state index contributed by atoms with van der Waals surface area (Å²) in [6.07, 6.45) is -0.691. The van der Waals surface area contributed by atoms with Crippen molar-refractivity contribution < 1.29 is 19.4 Å². The van der Waals surface area contributed by atoms with Crippen molar-refractivity contribution in [1.82, 2.24) is 10.6 Å². The fourth-order valence-electron chi connectivity index (χ4n) is 1.83. The molecule has 3 N–H and O–H groups in total. The number of ether oxygens (including phenoxy) is 2. The lowest BCUT2D eigenvalue weighted by atomic mass is 10.1. The zero-order valence-electron chi connectivity index (χ0n) is 13.9. The summed E-state index contributed by atoms with van der Waals surface area (Å²) in [4.78, 5) is 11.6. The molecule has 23 heavy (non-hydrogen) atoms. The number of aliphatic hydroxyl groups is 1. The summed E-state index contributed by atoms with van der Waals surface area (Å²) >= 11 is 0. The molecule has 0 aliphatic heterocycles. The first kappa shape index (κ1) is 21.7. The molecule has 1 rings (SSSR count). The second-order valence-electron chi connectivity index (χ2n) is 5.23. The van der Waals surface area contributed by atoms with Gasteiger partial charge in [-0.3, -0.25) is 4.79 Å². The Hall–Kier alpha value is -1.34.